The average Bonchev–Trinajstić information content (AvgIpc) is 3.69. The van der Waals surface area contributed by atoms with Crippen LogP contribution in [0.4, 0.5) is 0 Å². The summed E-state index contributed by atoms with van der Waals surface area (Å²) in [5.41, 5.74) is 12.0. The maximum Gasteiger partial charge on any atom is 0.164 e. The van der Waals surface area contributed by atoms with Crippen LogP contribution in [0, 0.1) is 0 Å². The van der Waals surface area contributed by atoms with Gasteiger partial charge in [-0.05, 0) is 99.7 Å². The molecule has 0 fully saturated rings. The zero-order chi connectivity index (χ0) is 42.9. The molecule has 0 aliphatic heterocycles. The lowest BCUT2D eigenvalue weighted by Gasteiger charge is -2.34. The van der Waals surface area contributed by atoms with Crippen LogP contribution in [0.25, 0.3) is 99.5 Å². The molecule has 65 heavy (non-hydrogen) atoms. The molecular formula is C62H39N3. The van der Waals surface area contributed by atoms with Gasteiger partial charge >= 0.3 is 0 Å². The van der Waals surface area contributed by atoms with Gasteiger partial charge in [0.2, 0.25) is 0 Å². The Morgan fingerprint density at radius 1 is 0.246 bits per heavy atom. The number of benzene rings is 11. The predicted octanol–water partition coefficient (Wildman–Crippen LogP) is 15.5. The third-order valence-corrected chi connectivity index (χ3v) is 13.6. The fraction of sp³-hybridized carbons (Fsp3) is 0.0161. The highest BCUT2D eigenvalue weighted by atomic mass is 15.0. The summed E-state index contributed by atoms with van der Waals surface area (Å²) in [5, 5.41) is 10.1. The molecule has 0 unspecified atom stereocenters. The van der Waals surface area contributed by atoms with Crippen LogP contribution in [0.5, 0.6) is 0 Å². The van der Waals surface area contributed by atoms with Crippen LogP contribution in [-0.2, 0) is 5.41 Å². The number of fused-ring (bicyclic) bond motifs is 11. The molecule has 0 atom stereocenters. The lowest BCUT2D eigenvalue weighted by atomic mass is 9.67. The van der Waals surface area contributed by atoms with E-state index in [2.05, 4.69) is 218 Å². The minimum atomic E-state index is -0.537. The van der Waals surface area contributed by atoms with Gasteiger partial charge in [-0.15, -0.1) is 0 Å². The van der Waals surface area contributed by atoms with Crippen LogP contribution in [0.3, 0.4) is 0 Å². The Bertz CT molecular complexity index is 3770. The zero-order valence-electron chi connectivity index (χ0n) is 35.4. The van der Waals surface area contributed by atoms with Crippen molar-refractivity contribution in [2.24, 2.45) is 0 Å². The highest BCUT2D eigenvalue weighted by Gasteiger charge is 2.46. The van der Waals surface area contributed by atoms with Crippen LogP contribution in [-0.4, -0.2) is 15.0 Å². The topological polar surface area (TPSA) is 38.7 Å². The normalized spacial score (nSPS) is 12.7. The highest BCUT2D eigenvalue weighted by Crippen LogP contribution is 2.56. The molecule has 3 nitrogen and oxygen atoms in total. The number of rotatable bonds is 6. The molecule has 12 aromatic rings. The third kappa shape index (κ3) is 5.72. The van der Waals surface area contributed by atoms with Crippen LogP contribution in [0.15, 0.2) is 237 Å². The second-order valence-electron chi connectivity index (χ2n) is 17.0. The molecule has 302 valence electrons. The third-order valence-electron chi connectivity index (χ3n) is 13.6. The van der Waals surface area contributed by atoms with Crippen molar-refractivity contribution in [1.29, 1.82) is 0 Å². The fourth-order valence-corrected chi connectivity index (χ4v) is 10.7. The minimum absolute atomic E-state index is 0.537. The molecule has 1 aliphatic rings. The Hall–Kier alpha value is -8.53. The smallest absolute Gasteiger partial charge is 0.164 e. The SMILES string of the molecule is c1ccc(-c2nc(-c3ccc(-c4cc5c6ccccc6c6ccccc6c5c5ccccc45)cc3)nc(-c3ccc4c(c3)C(c3ccccc3)(c3ccccc3)c3ccccc3-4)n2)cc1. The van der Waals surface area contributed by atoms with E-state index in [4.69, 9.17) is 15.0 Å². The molecule has 0 amide bonds. The Morgan fingerprint density at radius 3 is 1.29 bits per heavy atom. The Balaban J connectivity index is 0.982. The molecule has 0 bridgehead atoms. The van der Waals surface area contributed by atoms with E-state index in [0.29, 0.717) is 17.5 Å². The maximum atomic E-state index is 5.30. The maximum absolute atomic E-state index is 5.30. The molecule has 1 aromatic heterocycles. The summed E-state index contributed by atoms with van der Waals surface area (Å²) < 4.78 is 0. The first-order chi connectivity index (χ1) is 32.2. The number of nitrogens with zero attached hydrogens (tertiary/aromatic N) is 3. The van der Waals surface area contributed by atoms with Gasteiger partial charge < -0.3 is 0 Å². The molecule has 13 rings (SSSR count). The number of aromatic nitrogens is 3. The minimum Gasteiger partial charge on any atom is -0.208 e. The quantitative estimate of drug-likeness (QED) is 0.157. The van der Waals surface area contributed by atoms with E-state index in [1.54, 1.807) is 0 Å². The molecule has 0 saturated carbocycles. The molecule has 11 aromatic carbocycles. The van der Waals surface area contributed by atoms with Gasteiger partial charge in [0, 0.05) is 16.7 Å². The van der Waals surface area contributed by atoms with Crippen LogP contribution in [0.2, 0.25) is 0 Å². The summed E-state index contributed by atoms with van der Waals surface area (Å²) >= 11 is 0. The molecule has 0 spiro atoms. The molecule has 1 aliphatic carbocycles. The lowest BCUT2D eigenvalue weighted by Crippen LogP contribution is -2.28. The first kappa shape index (κ1) is 37.1. The summed E-state index contributed by atoms with van der Waals surface area (Å²) in [7, 11) is 0. The van der Waals surface area contributed by atoms with Crippen molar-refractivity contribution in [2.45, 2.75) is 5.41 Å². The molecule has 3 heteroatoms. The van der Waals surface area contributed by atoms with Crippen molar-refractivity contribution in [2.75, 3.05) is 0 Å². The Kier molecular flexibility index (Phi) is 8.44. The Morgan fingerprint density at radius 2 is 0.662 bits per heavy atom. The van der Waals surface area contributed by atoms with Gasteiger partial charge in [0.25, 0.3) is 0 Å². The molecule has 0 radical (unpaired) electrons. The highest BCUT2D eigenvalue weighted by molar-refractivity contribution is 6.33. The standard InChI is InChI=1S/C62H39N3/c1-4-18-41(19-5-1)59-63-60(42-34-32-40(33-35-42)54-39-55-48-26-11-10-24-46(48)47-25-12-14-29-52(47)58(55)53-30-15-13-27-49(53)54)65-61(64-59)43-36-37-51-50-28-16-17-31-56(50)62(57(51)38-43,44-20-6-2-7-21-44)45-22-8-3-9-23-45/h1-39H. The first-order valence-electron chi connectivity index (χ1n) is 22.3. The van der Waals surface area contributed by atoms with E-state index in [0.717, 1.165) is 22.3 Å². The molecule has 0 N–H and O–H groups in total. The summed E-state index contributed by atoms with van der Waals surface area (Å²) in [6, 6.07) is 85.3. The van der Waals surface area contributed by atoms with Crippen molar-refractivity contribution in [3.05, 3.63) is 259 Å². The van der Waals surface area contributed by atoms with Crippen LogP contribution < -0.4 is 0 Å². The second kappa shape index (κ2) is 14.8. The summed E-state index contributed by atoms with van der Waals surface area (Å²) in [5.74, 6) is 1.89. The molecule has 0 saturated heterocycles. The van der Waals surface area contributed by atoms with Gasteiger partial charge in [-0.1, -0.05) is 224 Å². The van der Waals surface area contributed by atoms with E-state index in [1.807, 2.05) is 18.2 Å². The van der Waals surface area contributed by atoms with E-state index >= 15 is 0 Å². The monoisotopic (exact) mass is 825 g/mol. The van der Waals surface area contributed by atoms with Crippen molar-refractivity contribution >= 4 is 43.1 Å². The summed E-state index contributed by atoms with van der Waals surface area (Å²) in [6.45, 7) is 0. The van der Waals surface area contributed by atoms with Gasteiger partial charge in [-0.3, -0.25) is 0 Å². The largest absolute Gasteiger partial charge is 0.208 e. The molecular weight excluding hydrogens is 787 g/mol. The lowest BCUT2D eigenvalue weighted by molar-refractivity contribution is 0.768. The fourth-order valence-electron chi connectivity index (χ4n) is 10.7. The van der Waals surface area contributed by atoms with E-state index in [-0.39, 0.29) is 0 Å². The average molecular weight is 826 g/mol. The Labute approximate surface area is 377 Å². The van der Waals surface area contributed by atoms with Gasteiger partial charge in [0.15, 0.2) is 17.5 Å². The van der Waals surface area contributed by atoms with Gasteiger partial charge in [0.05, 0.1) is 5.41 Å². The first-order valence-corrected chi connectivity index (χ1v) is 22.3. The van der Waals surface area contributed by atoms with E-state index in [9.17, 15) is 0 Å². The second-order valence-corrected chi connectivity index (χ2v) is 17.0. The zero-order valence-corrected chi connectivity index (χ0v) is 35.4. The van der Waals surface area contributed by atoms with Crippen molar-refractivity contribution in [3.8, 4) is 56.4 Å². The predicted molar refractivity (Wildman–Crippen MR) is 269 cm³/mol. The van der Waals surface area contributed by atoms with Gasteiger partial charge in [-0.2, -0.15) is 0 Å². The van der Waals surface area contributed by atoms with Gasteiger partial charge in [-0.25, -0.2) is 15.0 Å². The van der Waals surface area contributed by atoms with Gasteiger partial charge in [0.1, 0.15) is 0 Å². The summed E-state index contributed by atoms with van der Waals surface area (Å²) in [6.07, 6.45) is 0. The summed E-state index contributed by atoms with van der Waals surface area (Å²) in [4.78, 5) is 15.7. The van der Waals surface area contributed by atoms with Crippen molar-refractivity contribution in [3.63, 3.8) is 0 Å². The number of hydrogen-bond acceptors (Lipinski definition) is 3. The van der Waals surface area contributed by atoms with E-state index < -0.39 is 5.41 Å². The van der Waals surface area contributed by atoms with E-state index in [1.165, 1.54) is 82.0 Å². The number of hydrogen-bond donors (Lipinski definition) is 0. The van der Waals surface area contributed by atoms with Crippen LogP contribution in [0.1, 0.15) is 22.3 Å². The van der Waals surface area contributed by atoms with Crippen LogP contribution >= 0.6 is 0 Å². The van der Waals surface area contributed by atoms with Crippen molar-refractivity contribution in [1.82, 2.24) is 15.0 Å². The van der Waals surface area contributed by atoms with Crippen molar-refractivity contribution < 1.29 is 0 Å². The molecule has 1 heterocycles.